The van der Waals surface area contributed by atoms with Crippen LogP contribution >= 0.6 is 11.6 Å². The number of hydrogen-bond acceptors (Lipinski definition) is 2. The zero-order valence-corrected chi connectivity index (χ0v) is 13.6. The monoisotopic (exact) mass is 302 g/mol. The van der Waals surface area contributed by atoms with E-state index in [1.807, 2.05) is 25.1 Å². The van der Waals surface area contributed by atoms with Crippen molar-refractivity contribution in [3.8, 4) is 0 Å². The summed E-state index contributed by atoms with van der Waals surface area (Å²) in [6.07, 6.45) is 0. The summed E-state index contributed by atoms with van der Waals surface area (Å²) < 4.78 is 0. The van der Waals surface area contributed by atoms with E-state index < -0.39 is 0 Å². The van der Waals surface area contributed by atoms with E-state index in [2.05, 4.69) is 49.1 Å². The number of nitrogens with two attached hydrogens (primary N) is 1. The highest BCUT2D eigenvalue weighted by atomic mass is 35.5. The molecule has 0 aromatic heterocycles. The number of rotatable bonds is 5. The summed E-state index contributed by atoms with van der Waals surface area (Å²) in [5.74, 6) is 0. The quantitative estimate of drug-likeness (QED) is 0.877. The van der Waals surface area contributed by atoms with E-state index in [1.54, 1.807) is 0 Å². The molecule has 0 fully saturated rings. The van der Waals surface area contributed by atoms with Crippen molar-refractivity contribution in [1.82, 2.24) is 0 Å². The Morgan fingerprint density at radius 3 is 2.43 bits per heavy atom. The van der Waals surface area contributed by atoms with Gasteiger partial charge in [-0.2, -0.15) is 0 Å². The highest BCUT2D eigenvalue weighted by Gasteiger charge is 2.23. The van der Waals surface area contributed by atoms with Gasteiger partial charge in [-0.15, -0.1) is 0 Å². The molecule has 0 saturated carbocycles. The summed E-state index contributed by atoms with van der Waals surface area (Å²) in [5, 5.41) is 0.749. The maximum Gasteiger partial charge on any atom is 0.0691 e. The van der Waals surface area contributed by atoms with Gasteiger partial charge >= 0.3 is 0 Å². The van der Waals surface area contributed by atoms with Gasteiger partial charge in [-0.3, -0.25) is 0 Å². The predicted octanol–water partition coefficient (Wildman–Crippen LogP) is 4.56. The summed E-state index contributed by atoms with van der Waals surface area (Å²) >= 11 is 6.15. The topological polar surface area (TPSA) is 29.3 Å². The molecule has 0 saturated heterocycles. The van der Waals surface area contributed by atoms with Gasteiger partial charge in [0.2, 0.25) is 0 Å². The van der Waals surface area contributed by atoms with Gasteiger partial charge in [0.15, 0.2) is 0 Å². The zero-order valence-electron chi connectivity index (χ0n) is 12.9. The number of anilines is 1. The molecule has 2 N–H and O–H groups in total. The van der Waals surface area contributed by atoms with Gasteiger partial charge in [0.05, 0.1) is 6.04 Å². The number of hydrogen-bond donors (Lipinski definition) is 1. The molecule has 0 bridgehead atoms. The molecule has 2 atom stereocenters. The largest absolute Gasteiger partial charge is 0.363 e. The van der Waals surface area contributed by atoms with Gasteiger partial charge in [0.25, 0.3) is 0 Å². The lowest BCUT2D eigenvalue weighted by Gasteiger charge is -2.36. The summed E-state index contributed by atoms with van der Waals surface area (Å²) in [7, 11) is 0. The Kier molecular flexibility index (Phi) is 5.27. The van der Waals surface area contributed by atoms with Crippen LogP contribution in [0.2, 0.25) is 5.02 Å². The lowest BCUT2D eigenvalue weighted by molar-refractivity contribution is 0.538. The number of aryl methyl sites for hydroxylation is 1. The normalized spacial score (nSPS) is 13.8. The standard InChI is InChI=1S/C18H23ClN2/c1-4-21(17-10-5-7-13(2)11-17)18(14(3)20)15-8-6-9-16(19)12-15/h5-12,14,18H,4,20H2,1-3H3. The molecule has 2 unspecified atom stereocenters. The second-order valence-electron chi connectivity index (χ2n) is 5.48. The lowest BCUT2D eigenvalue weighted by Crippen LogP contribution is -2.39. The van der Waals surface area contributed by atoms with Gasteiger partial charge in [0.1, 0.15) is 0 Å². The van der Waals surface area contributed by atoms with Crippen molar-refractivity contribution in [1.29, 1.82) is 0 Å². The molecule has 0 heterocycles. The third-order valence-electron chi connectivity index (χ3n) is 3.70. The van der Waals surface area contributed by atoms with Gasteiger partial charge in [0, 0.05) is 23.3 Å². The van der Waals surface area contributed by atoms with Crippen molar-refractivity contribution in [2.24, 2.45) is 5.73 Å². The fraction of sp³-hybridized carbons (Fsp3) is 0.333. The first-order valence-corrected chi connectivity index (χ1v) is 7.75. The van der Waals surface area contributed by atoms with Crippen LogP contribution in [0.15, 0.2) is 48.5 Å². The minimum Gasteiger partial charge on any atom is -0.363 e. The third-order valence-corrected chi connectivity index (χ3v) is 3.93. The molecular formula is C18H23ClN2. The fourth-order valence-corrected chi connectivity index (χ4v) is 3.00. The van der Waals surface area contributed by atoms with E-state index in [0.29, 0.717) is 0 Å². The Bertz CT molecular complexity index is 595. The first kappa shape index (κ1) is 15.9. The second kappa shape index (κ2) is 6.97. The molecule has 0 aliphatic rings. The molecule has 2 aromatic rings. The average molecular weight is 303 g/mol. The summed E-state index contributed by atoms with van der Waals surface area (Å²) in [6, 6.07) is 16.6. The van der Waals surface area contributed by atoms with Crippen LogP contribution < -0.4 is 10.6 Å². The molecule has 3 heteroatoms. The van der Waals surface area contributed by atoms with E-state index in [9.17, 15) is 0 Å². The van der Waals surface area contributed by atoms with E-state index in [1.165, 1.54) is 11.3 Å². The smallest absolute Gasteiger partial charge is 0.0691 e. The Balaban J connectivity index is 2.44. The molecule has 2 nitrogen and oxygen atoms in total. The van der Waals surface area contributed by atoms with Crippen molar-refractivity contribution in [3.05, 3.63) is 64.7 Å². The third kappa shape index (κ3) is 3.78. The van der Waals surface area contributed by atoms with E-state index in [-0.39, 0.29) is 12.1 Å². The van der Waals surface area contributed by atoms with Crippen LogP contribution in [0.4, 0.5) is 5.69 Å². The van der Waals surface area contributed by atoms with Crippen molar-refractivity contribution in [2.75, 3.05) is 11.4 Å². The first-order chi connectivity index (χ1) is 10.0. The summed E-state index contributed by atoms with van der Waals surface area (Å²) in [6.45, 7) is 7.20. The van der Waals surface area contributed by atoms with Crippen LogP contribution in [0.5, 0.6) is 0 Å². The Hall–Kier alpha value is -1.51. The average Bonchev–Trinajstić information content (AvgIpc) is 2.44. The van der Waals surface area contributed by atoms with Gasteiger partial charge in [-0.05, 0) is 56.2 Å². The number of halogens is 1. The SMILES string of the molecule is CCN(c1cccc(C)c1)C(c1cccc(Cl)c1)C(C)N. The highest BCUT2D eigenvalue weighted by Crippen LogP contribution is 2.30. The van der Waals surface area contributed by atoms with Crippen LogP contribution in [0.1, 0.15) is 31.0 Å². The minimum absolute atomic E-state index is 0.00364. The van der Waals surface area contributed by atoms with Crippen LogP contribution in [-0.2, 0) is 0 Å². The van der Waals surface area contributed by atoms with E-state index >= 15 is 0 Å². The molecule has 0 amide bonds. The number of likely N-dealkylation sites (N-methyl/N-ethyl adjacent to an activating group) is 1. The minimum atomic E-state index is 0.00364. The maximum atomic E-state index is 6.29. The van der Waals surface area contributed by atoms with Crippen LogP contribution in [0, 0.1) is 6.92 Å². The Morgan fingerprint density at radius 1 is 1.14 bits per heavy atom. The molecule has 0 aliphatic carbocycles. The first-order valence-electron chi connectivity index (χ1n) is 7.37. The second-order valence-corrected chi connectivity index (χ2v) is 5.92. The molecule has 2 aromatic carbocycles. The summed E-state index contributed by atoms with van der Waals surface area (Å²) in [5.41, 5.74) is 9.88. The highest BCUT2D eigenvalue weighted by molar-refractivity contribution is 6.30. The maximum absolute atomic E-state index is 6.29. The van der Waals surface area contributed by atoms with Gasteiger partial charge < -0.3 is 10.6 Å². The zero-order chi connectivity index (χ0) is 15.4. The predicted molar refractivity (Wildman–Crippen MR) is 92.0 cm³/mol. The molecule has 21 heavy (non-hydrogen) atoms. The number of benzene rings is 2. The van der Waals surface area contributed by atoms with Crippen molar-refractivity contribution >= 4 is 17.3 Å². The Morgan fingerprint density at radius 2 is 1.86 bits per heavy atom. The molecule has 2 rings (SSSR count). The molecule has 0 aliphatic heterocycles. The van der Waals surface area contributed by atoms with Crippen LogP contribution in [0.25, 0.3) is 0 Å². The molecule has 0 radical (unpaired) electrons. The van der Waals surface area contributed by atoms with E-state index in [4.69, 9.17) is 17.3 Å². The molecular weight excluding hydrogens is 280 g/mol. The summed E-state index contributed by atoms with van der Waals surface area (Å²) in [4.78, 5) is 2.34. The van der Waals surface area contributed by atoms with Gasteiger partial charge in [-0.25, -0.2) is 0 Å². The molecule has 112 valence electrons. The fourth-order valence-electron chi connectivity index (χ4n) is 2.80. The van der Waals surface area contributed by atoms with Crippen molar-refractivity contribution in [2.45, 2.75) is 32.9 Å². The Labute approximate surface area is 132 Å². The van der Waals surface area contributed by atoms with Crippen LogP contribution in [-0.4, -0.2) is 12.6 Å². The van der Waals surface area contributed by atoms with Crippen LogP contribution in [0.3, 0.4) is 0 Å². The molecule has 0 spiro atoms. The lowest BCUT2D eigenvalue weighted by atomic mass is 9.98. The van der Waals surface area contributed by atoms with Crippen molar-refractivity contribution < 1.29 is 0 Å². The van der Waals surface area contributed by atoms with Crippen molar-refractivity contribution in [3.63, 3.8) is 0 Å². The van der Waals surface area contributed by atoms with E-state index in [0.717, 1.165) is 17.1 Å². The van der Waals surface area contributed by atoms with Gasteiger partial charge in [-0.1, -0.05) is 35.9 Å². The number of nitrogens with zero attached hydrogens (tertiary/aromatic N) is 1.